The van der Waals surface area contributed by atoms with E-state index in [0.717, 1.165) is 23.5 Å². The Morgan fingerprint density at radius 1 is 1.24 bits per heavy atom. The molecule has 0 aliphatic rings. The summed E-state index contributed by atoms with van der Waals surface area (Å²) in [6.45, 7) is 9.47. The smallest absolute Gasteiger partial charge is 0.224 e. The van der Waals surface area contributed by atoms with Crippen molar-refractivity contribution in [2.24, 2.45) is 5.92 Å². The van der Waals surface area contributed by atoms with Crippen molar-refractivity contribution in [3.05, 3.63) is 58.3 Å². The number of aromatic nitrogens is 4. The van der Waals surface area contributed by atoms with Gasteiger partial charge in [0.1, 0.15) is 23.3 Å². The first-order valence-corrected chi connectivity index (χ1v) is 11.0. The molecule has 1 amide bonds. The lowest BCUT2D eigenvalue weighted by molar-refractivity contribution is -0.120. The molecule has 8 nitrogen and oxygen atoms in total. The van der Waals surface area contributed by atoms with Crippen molar-refractivity contribution < 1.29 is 9.18 Å². The molecule has 174 valence electrons. The number of carbonyl (C=O) groups is 1. The molecule has 0 aliphatic carbocycles. The Labute approximate surface area is 193 Å². The summed E-state index contributed by atoms with van der Waals surface area (Å²) in [6, 6.07) is 7.83. The van der Waals surface area contributed by atoms with Crippen LogP contribution in [0, 0.1) is 36.9 Å². The van der Waals surface area contributed by atoms with Crippen LogP contribution in [0.25, 0.3) is 5.69 Å². The number of anilines is 1. The highest BCUT2D eigenvalue weighted by atomic mass is 19.1. The third-order valence-corrected chi connectivity index (χ3v) is 5.50. The highest BCUT2D eigenvalue weighted by molar-refractivity contribution is 5.79. The van der Waals surface area contributed by atoms with Gasteiger partial charge in [0.25, 0.3) is 0 Å². The number of nitrogens with zero attached hydrogens (tertiary/aromatic N) is 5. The number of nitrogen functional groups attached to an aromatic ring is 1. The molecule has 9 heteroatoms. The maximum absolute atomic E-state index is 13.2. The summed E-state index contributed by atoms with van der Waals surface area (Å²) in [4.78, 5) is 12.5. The van der Waals surface area contributed by atoms with Crippen LogP contribution < -0.4 is 11.1 Å². The summed E-state index contributed by atoms with van der Waals surface area (Å²) in [5.74, 6) is 0.261. The van der Waals surface area contributed by atoms with Gasteiger partial charge in [-0.25, -0.2) is 9.07 Å². The van der Waals surface area contributed by atoms with Crippen molar-refractivity contribution in [1.82, 2.24) is 24.9 Å². The highest BCUT2D eigenvalue weighted by Crippen LogP contribution is 2.22. The fourth-order valence-electron chi connectivity index (χ4n) is 3.77. The van der Waals surface area contributed by atoms with Gasteiger partial charge >= 0.3 is 0 Å². The topological polar surface area (TPSA) is 115 Å². The average molecular weight is 452 g/mol. The Kier molecular flexibility index (Phi) is 7.48. The molecule has 0 saturated heterocycles. The summed E-state index contributed by atoms with van der Waals surface area (Å²) < 4.78 is 16.6. The van der Waals surface area contributed by atoms with Crippen LogP contribution in [0.1, 0.15) is 48.5 Å². The van der Waals surface area contributed by atoms with Gasteiger partial charge in [0.05, 0.1) is 23.5 Å². The molecule has 3 aromatic rings. The summed E-state index contributed by atoms with van der Waals surface area (Å²) in [5, 5.41) is 21.4. The molecule has 0 atom stereocenters. The van der Waals surface area contributed by atoms with Crippen LogP contribution in [0.4, 0.5) is 10.2 Å². The van der Waals surface area contributed by atoms with Crippen LogP contribution in [-0.2, 0) is 24.2 Å². The molecule has 0 radical (unpaired) electrons. The van der Waals surface area contributed by atoms with Crippen LogP contribution in [-0.4, -0.2) is 32.0 Å². The Hall–Kier alpha value is -3.67. The fourth-order valence-corrected chi connectivity index (χ4v) is 3.77. The van der Waals surface area contributed by atoms with E-state index >= 15 is 0 Å². The van der Waals surface area contributed by atoms with E-state index in [9.17, 15) is 14.4 Å². The first-order chi connectivity index (χ1) is 15.7. The summed E-state index contributed by atoms with van der Waals surface area (Å²) in [5.41, 5.74) is 10.4. The van der Waals surface area contributed by atoms with Gasteiger partial charge in [-0.05, 0) is 56.9 Å². The van der Waals surface area contributed by atoms with Gasteiger partial charge in [-0.2, -0.15) is 15.5 Å². The van der Waals surface area contributed by atoms with E-state index in [2.05, 4.69) is 35.4 Å². The molecular weight excluding hydrogens is 421 g/mol. The first-order valence-electron chi connectivity index (χ1n) is 11.0. The summed E-state index contributed by atoms with van der Waals surface area (Å²) >= 11 is 0. The third kappa shape index (κ3) is 5.58. The monoisotopic (exact) mass is 451 g/mol. The number of nitrogens with one attached hydrogen (secondary N) is 1. The minimum Gasteiger partial charge on any atom is -0.382 e. The van der Waals surface area contributed by atoms with E-state index in [1.54, 1.807) is 12.1 Å². The number of hydrogen-bond acceptors (Lipinski definition) is 5. The number of benzene rings is 1. The average Bonchev–Trinajstić information content (AvgIpc) is 3.21. The van der Waals surface area contributed by atoms with Crippen LogP contribution >= 0.6 is 0 Å². The van der Waals surface area contributed by atoms with Gasteiger partial charge in [0.2, 0.25) is 5.91 Å². The summed E-state index contributed by atoms with van der Waals surface area (Å²) in [6.07, 6.45) is 1.36. The van der Waals surface area contributed by atoms with Crippen molar-refractivity contribution in [1.29, 1.82) is 5.26 Å². The molecule has 1 aromatic carbocycles. The quantitative estimate of drug-likeness (QED) is 0.485. The van der Waals surface area contributed by atoms with E-state index in [0.29, 0.717) is 42.2 Å². The van der Waals surface area contributed by atoms with Gasteiger partial charge in [-0.15, -0.1) is 0 Å². The Bertz CT molecular complexity index is 1170. The number of aryl methyl sites for hydroxylation is 2. The lowest BCUT2D eigenvalue weighted by Gasteiger charge is -2.08. The Morgan fingerprint density at radius 3 is 2.58 bits per heavy atom. The SMILES string of the molecule is Cc1nn(CC(C)C)c(C)c1CC(=O)NCCCc1nn(-c2ccc(F)cc2)c(N)c1C#N. The predicted octanol–water partition coefficient (Wildman–Crippen LogP) is 3.23. The molecule has 0 aliphatic heterocycles. The zero-order chi connectivity index (χ0) is 24.1. The number of nitriles is 1. The first kappa shape index (κ1) is 24.0. The van der Waals surface area contributed by atoms with Gasteiger partial charge in [0, 0.05) is 24.3 Å². The van der Waals surface area contributed by atoms with E-state index in [4.69, 9.17) is 5.73 Å². The van der Waals surface area contributed by atoms with Crippen LogP contribution in [0.15, 0.2) is 24.3 Å². The van der Waals surface area contributed by atoms with Crippen LogP contribution in [0.5, 0.6) is 0 Å². The molecule has 0 bridgehead atoms. The predicted molar refractivity (Wildman–Crippen MR) is 124 cm³/mol. The fraction of sp³-hybridized carbons (Fsp3) is 0.417. The normalized spacial score (nSPS) is 11.1. The lowest BCUT2D eigenvalue weighted by atomic mass is 10.1. The maximum Gasteiger partial charge on any atom is 0.224 e. The van der Waals surface area contributed by atoms with Gasteiger partial charge in [0.15, 0.2) is 0 Å². The maximum atomic E-state index is 13.2. The second-order valence-corrected chi connectivity index (χ2v) is 8.56. The zero-order valence-corrected chi connectivity index (χ0v) is 19.5. The second kappa shape index (κ2) is 10.3. The number of halogens is 1. The van der Waals surface area contributed by atoms with Crippen molar-refractivity contribution >= 4 is 11.7 Å². The number of rotatable bonds is 9. The molecule has 0 saturated carbocycles. The van der Waals surface area contributed by atoms with Crippen LogP contribution in [0.2, 0.25) is 0 Å². The van der Waals surface area contributed by atoms with Crippen molar-refractivity contribution in [3.8, 4) is 11.8 Å². The van der Waals surface area contributed by atoms with Crippen LogP contribution in [0.3, 0.4) is 0 Å². The second-order valence-electron chi connectivity index (χ2n) is 8.56. The van der Waals surface area contributed by atoms with Gasteiger partial charge < -0.3 is 11.1 Å². The number of amides is 1. The molecule has 3 N–H and O–H groups in total. The molecule has 2 aromatic heterocycles. The molecule has 0 fully saturated rings. The molecule has 0 unspecified atom stereocenters. The number of hydrogen-bond donors (Lipinski definition) is 2. The molecular formula is C24H30FN7O. The minimum atomic E-state index is -0.362. The minimum absolute atomic E-state index is 0.0674. The van der Waals surface area contributed by atoms with E-state index in [-0.39, 0.29) is 24.0 Å². The lowest BCUT2D eigenvalue weighted by Crippen LogP contribution is -2.27. The molecule has 2 heterocycles. The Balaban J connectivity index is 1.58. The van der Waals surface area contributed by atoms with E-state index < -0.39 is 0 Å². The summed E-state index contributed by atoms with van der Waals surface area (Å²) in [7, 11) is 0. The number of carbonyl (C=O) groups excluding carboxylic acids is 1. The van der Waals surface area contributed by atoms with Crippen molar-refractivity contribution in [2.45, 2.75) is 53.5 Å². The van der Waals surface area contributed by atoms with E-state index in [1.165, 1.54) is 16.8 Å². The Morgan fingerprint density at radius 2 is 1.94 bits per heavy atom. The highest BCUT2D eigenvalue weighted by Gasteiger charge is 2.18. The molecule has 33 heavy (non-hydrogen) atoms. The van der Waals surface area contributed by atoms with Gasteiger partial charge in [-0.1, -0.05) is 13.8 Å². The standard InChI is InChI=1S/C24H30FN7O/c1-15(2)14-31-17(4)20(16(3)29-31)12-23(33)28-11-5-6-22-21(13-26)24(27)32(30-22)19-9-7-18(25)8-10-19/h7-10,15H,5-6,11-12,14,27H2,1-4H3,(H,28,33). The van der Waals surface area contributed by atoms with E-state index in [1.807, 2.05) is 18.5 Å². The third-order valence-electron chi connectivity index (χ3n) is 5.50. The van der Waals surface area contributed by atoms with Crippen molar-refractivity contribution in [2.75, 3.05) is 12.3 Å². The van der Waals surface area contributed by atoms with Crippen molar-refractivity contribution in [3.63, 3.8) is 0 Å². The number of nitrogens with two attached hydrogens (primary N) is 1. The zero-order valence-electron chi connectivity index (χ0n) is 19.5. The molecule has 0 spiro atoms. The largest absolute Gasteiger partial charge is 0.382 e. The van der Waals surface area contributed by atoms with Gasteiger partial charge in [-0.3, -0.25) is 9.48 Å². The molecule has 3 rings (SSSR count).